The van der Waals surface area contributed by atoms with E-state index in [-0.39, 0.29) is 18.5 Å². The van der Waals surface area contributed by atoms with Crippen molar-refractivity contribution >= 4 is 12.0 Å². The van der Waals surface area contributed by atoms with Crippen molar-refractivity contribution in [1.82, 2.24) is 10.2 Å². The number of carbonyl (C=O) groups excluding carboxylic acids is 2. The summed E-state index contributed by atoms with van der Waals surface area (Å²) in [4.78, 5) is 25.7. The van der Waals surface area contributed by atoms with Gasteiger partial charge in [0.05, 0.1) is 12.1 Å². The summed E-state index contributed by atoms with van der Waals surface area (Å²) in [7, 11) is 0. The quantitative estimate of drug-likeness (QED) is 0.844. The van der Waals surface area contributed by atoms with E-state index in [0.717, 1.165) is 16.7 Å². The molecular formula is C20H30N2O4. The Hall–Kier alpha value is -2.08. The summed E-state index contributed by atoms with van der Waals surface area (Å²) in [6, 6.07) is 5.57. The first-order valence-electron chi connectivity index (χ1n) is 9.10. The number of rotatable bonds is 5. The molecule has 1 aliphatic rings. The van der Waals surface area contributed by atoms with E-state index in [9.17, 15) is 14.7 Å². The summed E-state index contributed by atoms with van der Waals surface area (Å²) in [5.74, 6) is 0.00495. The number of aryl methyl sites for hydroxylation is 1. The third kappa shape index (κ3) is 4.97. The van der Waals surface area contributed by atoms with Crippen molar-refractivity contribution in [3.05, 3.63) is 34.9 Å². The van der Waals surface area contributed by atoms with Gasteiger partial charge in [-0.15, -0.1) is 0 Å². The summed E-state index contributed by atoms with van der Waals surface area (Å²) in [6.07, 6.45) is -0.211. The van der Waals surface area contributed by atoms with Crippen LogP contribution < -0.4 is 5.32 Å². The zero-order valence-corrected chi connectivity index (χ0v) is 16.3. The number of aliphatic hydroxyl groups excluding tert-OH is 1. The maximum atomic E-state index is 12.2. The van der Waals surface area contributed by atoms with Gasteiger partial charge in [-0.1, -0.05) is 18.2 Å². The van der Waals surface area contributed by atoms with Crippen LogP contribution in [0.4, 0.5) is 4.79 Å². The largest absolute Gasteiger partial charge is 0.444 e. The predicted octanol–water partition coefficient (Wildman–Crippen LogP) is 2.85. The molecule has 1 aromatic carbocycles. The highest BCUT2D eigenvalue weighted by molar-refractivity contribution is 5.79. The van der Waals surface area contributed by atoms with Crippen LogP contribution in [0.2, 0.25) is 0 Å². The van der Waals surface area contributed by atoms with Gasteiger partial charge in [-0.05, 0) is 57.7 Å². The lowest BCUT2D eigenvalue weighted by Crippen LogP contribution is -2.43. The Bertz CT molecular complexity index is 666. The number of hydrogen-bond acceptors (Lipinski definition) is 4. The molecule has 2 atom stereocenters. The monoisotopic (exact) mass is 362 g/mol. The number of alkyl carbamates (subject to hydrolysis) is 1. The number of likely N-dealkylation sites (tertiary alicyclic amines) is 1. The van der Waals surface area contributed by atoms with E-state index < -0.39 is 17.8 Å². The highest BCUT2D eigenvalue weighted by Crippen LogP contribution is 2.32. The van der Waals surface area contributed by atoms with Crippen LogP contribution in [0.25, 0.3) is 0 Å². The maximum Gasteiger partial charge on any atom is 0.407 e. The molecule has 1 aliphatic heterocycles. The molecule has 2 amide bonds. The summed E-state index contributed by atoms with van der Waals surface area (Å²) in [6.45, 7) is 10.0. The van der Waals surface area contributed by atoms with Gasteiger partial charge in [0.25, 0.3) is 0 Å². The Labute approximate surface area is 155 Å². The minimum atomic E-state index is -0.733. The first kappa shape index (κ1) is 20.2. The van der Waals surface area contributed by atoms with Gasteiger partial charge in [0.2, 0.25) is 5.91 Å². The van der Waals surface area contributed by atoms with Crippen molar-refractivity contribution in [1.29, 1.82) is 0 Å². The SMILES string of the molecule is Cc1cccc([C@@H](O)C2CCC(=O)N2CCNC(=O)OC(C)(C)C)c1C. The minimum Gasteiger partial charge on any atom is -0.444 e. The molecule has 2 N–H and O–H groups in total. The Balaban J connectivity index is 2.00. The predicted molar refractivity (Wildman–Crippen MR) is 99.8 cm³/mol. The number of nitrogens with zero attached hydrogens (tertiary/aromatic N) is 1. The summed E-state index contributed by atoms with van der Waals surface area (Å²) >= 11 is 0. The Morgan fingerprint density at radius 2 is 2.08 bits per heavy atom. The molecular weight excluding hydrogens is 332 g/mol. The molecule has 0 aliphatic carbocycles. The van der Waals surface area contributed by atoms with Crippen LogP contribution in [0.3, 0.4) is 0 Å². The molecule has 144 valence electrons. The number of hydrogen-bond donors (Lipinski definition) is 2. The van der Waals surface area contributed by atoms with Crippen LogP contribution >= 0.6 is 0 Å². The number of amides is 2. The Morgan fingerprint density at radius 1 is 1.38 bits per heavy atom. The molecule has 1 fully saturated rings. The van der Waals surface area contributed by atoms with E-state index in [1.807, 2.05) is 32.0 Å². The standard InChI is InChI=1S/C20H30N2O4/c1-13-7-6-8-15(14(13)2)18(24)16-9-10-17(23)22(16)12-11-21-19(25)26-20(3,4)5/h6-8,16,18,24H,9-12H2,1-5H3,(H,21,25)/t16?,18-/m1/s1. The van der Waals surface area contributed by atoms with Crippen molar-refractivity contribution in [3.8, 4) is 0 Å². The van der Waals surface area contributed by atoms with Crippen LogP contribution in [0.5, 0.6) is 0 Å². The van der Waals surface area contributed by atoms with E-state index in [0.29, 0.717) is 19.4 Å². The van der Waals surface area contributed by atoms with Gasteiger partial charge in [-0.3, -0.25) is 4.79 Å². The maximum absolute atomic E-state index is 12.2. The van der Waals surface area contributed by atoms with Gasteiger partial charge in [0.15, 0.2) is 0 Å². The third-order valence-corrected chi connectivity index (χ3v) is 4.73. The zero-order chi connectivity index (χ0) is 19.5. The molecule has 1 aromatic rings. The summed E-state index contributed by atoms with van der Waals surface area (Å²) in [5, 5.41) is 13.5. The molecule has 6 heteroatoms. The lowest BCUT2D eigenvalue weighted by molar-refractivity contribution is -0.130. The molecule has 1 heterocycles. The normalized spacial score (nSPS) is 18.8. The van der Waals surface area contributed by atoms with Crippen molar-refractivity contribution in [3.63, 3.8) is 0 Å². The number of ether oxygens (including phenoxy) is 1. The van der Waals surface area contributed by atoms with Crippen molar-refractivity contribution in [2.45, 2.75) is 65.2 Å². The zero-order valence-electron chi connectivity index (χ0n) is 16.3. The first-order valence-corrected chi connectivity index (χ1v) is 9.10. The fraction of sp³-hybridized carbons (Fsp3) is 0.600. The first-order chi connectivity index (χ1) is 12.1. The average Bonchev–Trinajstić information content (AvgIpc) is 2.89. The van der Waals surface area contributed by atoms with E-state index in [1.165, 1.54) is 0 Å². The molecule has 0 saturated carbocycles. The smallest absolute Gasteiger partial charge is 0.407 e. The number of carbonyl (C=O) groups is 2. The highest BCUT2D eigenvalue weighted by atomic mass is 16.6. The minimum absolute atomic E-state index is 0.00495. The van der Waals surface area contributed by atoms with Gasteiger partial charge in [0.1, 0.15) is 5.60 Å². The van der Waals surface area contributed by atoms with E-state index >= 15 is 0 Å². The second-order valence-corrected chi connectivity index (χ2v) is 7.86. The lowest BCUT2D eigenvalue weighted by atomic mass is 9.94. The van der Waals surface area contributed by atoms with Gasteiger partial charge in [-0.25, -0.2) is 4.79 Å². The van der Waals surface area contributed by atoms with Gasteiger partial charge < -0.3 is 20.1 Å². The van der Waals surface area contributed by atoms with Crippen LogP contribution in [0.15, 0.2) is 18.2 Å². The van der Waals surface area contributed by atoms with Crippen molar-refractivity contribution in [2.75, 3.05) is 13.1 Å². The van der Waals surface area contributed by atoms with E-state index in [1.54, 1.807) is 25.7 Å². The lowest BCUT2D eigenvalue weighted by Gasteiger charge is -2.30. The molecule has 0 spiro atoms. The summed E-state index contributed by atoms with van der Waals surface area (Å²) in [5.41, 5.74) is 2.46. The molecule has 1 unspecified atom stereocenters. The summed E-state index contributed by atoms with van der Waals surface area (Å²) < 4.78 is 5.20. The molecule has 26 heavy (non-hydrogen) atoms. The van der Waals surface area contributed by atoms with Gasteiger partial charge >= 0.3 is 6.09 Å². The molecule has 1 saturated heterocycles. The van der Waals surface area contributed by atoms with Crippen LogP contribution in [-0.2, 0) is 9.53 Å². The molecule has 0 radical (unpaired) electrons. The number of benzene rings is 1. The van der Waals surface area contributed by atoms with E-state index in [4.69, 9.17) is 4.74 Å². The molecule has 2 rings (SSSR count). The Morgan fingerprint density at radius 3 is 2.73 bits per heavy atom. The molecule has 0 aromatic heterocycles. The number of aliphatic hydroxyl groups is 1. The molecule has 6 nitrogen and oxygen atoms in total. The van der Waals surface area contributed by atoms with Crippen molar-refractivity contribution in [2.24, 2.45) is 0 Å². The second kappa shape index (κ2) is 8.08. The highest BCUT2D eigenvalue weighted by Gasteiger charge is 2.36. The second-order valence-electron chi connectivity index (χ2n) is 7.86. The van der Waals surface area contributed by atoms with Crippen molar-refractivity contribution < 1.29 is 19.4 Å². The Kier molecular flexibility index (Phi) is 6.29. The van der Waals surface area contributed by atoms with Gasteiger partial charge in [-0.2, -0.15) is 0 Å². The number of nitrogens with one attached hydrogen (secondary N) is 1. The average molecular weight is 362 g/mol. The fourth-order valence-corrected chi connectivity index (χ4v) is 3.27. The molecule has 0 bridgehead atoms. The van der Waals surface area contributed by atoms with Crippen LogP contribution in [-0.4, -0.2) is 46.7 Å². The fourth-order valence-electron chi connectivity index (χ4n) is 3.27. The third-order valence-electron chi connectivity index (χ3n) is 4.73. The van der Waals surface area contributed by atoms with Crippen LogP contribution in [0, 0.1) is 13.8 Å². The topological polar surface area (TPSA) is 78.9 Å². The van der Waals surface area contributed by atoms with Gasteiger partial charge in [0, 0.05) is 19.5 Å². The van der Waals surface area contributed by atoms with E-state index in [2.05, 4.69) is 5.32 Å². The van der Waals surface area contributed by atoms with Crippen LogP contribution in [0.1, 0.15) is 56.4 Å².